The molecule has 1 heterocycles. The maximum absolute atomic E-state index is 5.57. The maximum atomic E-state index is 5.57. The molecule has 0 amide bonds. The molecule has 17 heavy (non-hydrogen) atoms. The van der Waals surface area contributed by atoms with Crippen molar-refractivity contribution in [3.63, 3.8) is 0 Å². The van der Waals surface area contributed by atoms with E-state index in [0.29, 0.717) is 6.54 Å². The molecule has 0 saturated carbocycles. The SMILES string of the molecule is CCCOc1ccc(-c2ccc(CN)o2)cc1. The first-order chi connectivity index (χ1) is 8.33. The van der Waals surface area contributed by atoms with Crippen LogP contribution in [0, 0.1) is 0 Å². The highest BCUT2D eigenvalue weighted by Crippen LogP contribution is 2.24. The molecule has 1 aromatic heterocycles. The van der Waals surface area contributed by atoms with Gasteiger partial charge in [0.05, 0.1) is 13.2 Å². The first-order valence-electron chi connectivity index (χ1n) is 5.85. The molecule has 0 unspecified atom stereocenters. The smallest absolute Gasteiger partial charge is 0.134 e. The highest BCUT2D eigenvalue weighted by Gasteiger charge is 2.03. The molecule has 1 aromatic carbocycles. The van der Waals surface area contributed by atoms with E-state index in [4.69, 9.17) is 14.9 Å². The van der Waals surface area contributed by atoms with Crippen LogP contribution in [0.2, 0.25) is 0 Å². The lowest BCUT2D eigenvalue weighted by atomic mass is 10.2. The minimum absolute atomic E-state index is 0.428. The lowest BCUT2D eigenvalue weighted by Crippen LogP contribution is -1.94. The monoisotopic (exact) mass is 231 g/mol. The summed E-state index contributed by atoms with van der Waals surface area (Å²) in [5.74, 6) is 2.53. The van der Waals surface area contributed by atoms with E-state index in [-0.39, 0.29) is 0 Å². The third-order valence-electron chi connectivity index (χ3n) is 2.47. The van der Waals surface area contributed by atoms with Crippen molar-refractivity contribution in [3.05, 3.63) is 42.2 Å². The summed E-state index contributed by atoms with van der Waals surface area (Å²) in [7, 11) is 0. The van der Waals surface area contributed by atoms with Crippen LogP contribution in [0.4, 0.5) is 0 Å². The van der Waals surface area contributed by atoms with Crippen LogP contribution < -0.4 is 10.5 Å². The zero-order valence-electron chi connectivity index (χ0n) is 9.98. The summed E-state index contributed by atoms with van der Waals surface area (Å²) in [6.07, 6.45) is 1.01. The average Bonchev–Trinajstić information content (AvgIpc) is 2.86. The Kier molecular flexibility index (Phi) is 3.83. The fraction of sp³-hybridized carbons (Fsp3) is 0.286. The first kappa shape index (κ1) is 11.7. The molecule has 0 bridgehead atoms. The van der Waals surface area contributed by atoms with Gasteiger partial charge in [-0.3, -0.25) is 0 Å². The summed E-state index contributed by atoms with van der Waals surface area (Å²) in [6.45, 7) is 3.26. The fourth-order valence-corrected chi connectivity index (χ4v) is 1.58. The second kappa shape index (κ2) is 5.55. The fourth-order valence-electron chi connectivity index (χ4n) is 1.58. The second-order valence-corrected chi connectivity index (χ2v) is 3.84. The zero-order valence-corrected chi connectivity index (χ0v) is 9.98. The Morgan fingerprint density at radius 2 is 1.88 bits per heavy atom. The van der Waals surface area contributed by atoms with Crippen molar-refractivity contribution < 1.29 is 9.15 Å². The molecule has 2 rings (SSSR count). The molecular weight excluding hydrogens is 214 g/mol. The summed E-state index contributed by atoms with van der Waals surface area (Å²) in [6, 6.07) is 11.7. The standard InChI is InChI=1S/C14H17NO2/c1-2-9-16-12-5-3-11(4-6-12)14-8-7-13(10-15)17-14/h3-8H,2,9-10,15H2,1H3. The van der Waals surface area contributed by atoms with Gasteiger partial charge in [0.2, 0.25) is 0 Å². The van der Waals surface area contributed by atoms with Gasteiger partial charge in [0.15, 0.2) is 0 Å². The number of furan rings is 1. The minimum atomic E-state index is 0.428. The number of nitrogens with two attached hydrogens (primary N) is 1. The maximum Gasteiger partial charge on any atom is 0.134 e. The third kappa shape index (κ3) is 2.88. The predicted molar refractivity (Wildman–Crippen MR) is 67.8 cm³/mol. The summed E-state index contributed by atoms with van der Waals surface area (Å²) in [4.78, 5) is 0. The Bertz CT molecular complexity index is 459. The van der Waals surface area contributed by atoms with Crippen LogP contribution in [0.15, 0.2) is 40.8 Å². The lowest BCUT2D eigenvalue weighted by molar-refractivity contribution is 0.317. The summed E-state index contributed by atoms with van der Waals surface area (Å²) in [5, 5.41) is 0. The topological polar surface area (TPSA) is 48.4 Å². The van der Waals surface area contributed by atoms with Gasteiger partial charge in [-0.1, -0.05) is 6.92 Å². The van der Waals surface area contributed by atoms with Crippen molar-refractivity contribution in [1.82, 2.24) is 0 Å². The van der Waals surface area contributed by atoms with Crippen LogP contribution in [0.3, 0.4) is 0 Å². The van der Waals surface area contributed by atoms with Gasteiger partial charge < -0.3 is 14.9 Å². The van der Waals surface area contributed by atoms with Crippen LogP contribution in [0.5, 0.6) is 5.75 Å². The Hall–Kier alpha value is -1.74. The first-order valence-corrected chi connectivity index (χ1v) is 5.85. The molecule has 0 saturated heterocycles. The van der Waals surface area contributed by atoms with E-state index in [1.54, 1.807) is 0 Å². The van der Waals surface area contributed by atoms with Crippen LogP contribution in [0.1, 0.15) is 19.1 Å². The number of rotatable bonds is 5. The molecule has 90 valence electrons. The van der Waals surface area contributed by atoms with Gasteiger partial charge in [-0.15, -0.1) is 0 Å². The quantitative estimate of drug-likeness (QED) is 0.859. The molecule has 0 radical (unpaired) electrons. The predicted octanol–water partition coefficient (Wildman–Crippen LogP) is 3.19. The van der Waals surface area contributed by atoms with Crippen molar-refractivity contribution in [3.8, 4) is 17.1 Å². The molecule has 2 aromatic rings. The van der Waals surface area contributed by atoms with Crippen molar-refractivity contribution in [2.75, 3.05) is 6.61 Å². The van der Waals surface area contributed by atoms with E-state index in [1.165, 1.54) is 0 Å². The van der Waals surface area contributed by atoms with E-state index in [9.17, 15) is 0 Å². The van der Waals surface area contributed by atoms with E-state index in [2.05, 4.69) is 6.92 Å². The summed E-state index contributed by atoms with van der Waals surface area (Å²) < 4.78 is 11.1. The summed E-state index contributed by atoms with van der Waals surface area (Å²) >= 11 is 0. The molecule has 0 fully saturated rings. The number of benzene rings is 1. The zero-order chi connectivity index (χ0) is 12.1. The van der Waals surface area contributed by atoms with Crippen molar-refractivity contribution in [2.24, 2.45) is 5.73 Å². The molecule has 0 spiro atoms. The highest BCUT2D eigenvalue weighted by molar-refractivity contribution is 5.58. The highest BCUT2D eigenvalue weighted by atomic mass is 16.5. The normalized spacial score (nSPS) is 10.5. The molecule has 0 aliphatic carbocycles. The Labute approximate surface area is 101 Å². The molecule has 3 nitrogen and oxygen atoms in total. The minimum Gasteiger partial charge on any atom is -0.494 e. The Morgan fingerprint density at radius 3 is 2.47 bits per heavy atom. The van der Waals surface area contributed by atoms with Gasteiger partial charge in [-0.2, -0.15) is 0 Å². The average molecular weight is 231 g/mol. The van der Waals surface area contributed by atoms with Crippen molar-refractivity contribution >= 4 is 0 Å². The number of ether oxygens (including phenoxy) is 1. The summed E-state index contributed by atoms with van der Waals surface area (Å²) in [5.41, 5.74) is 6.54. The van der Waals surface area contributed by atoms with Crippen LogP contribution in [-0.4, -0.2) is 6.61 Å². The Balaban J connectivity index is 2.11. The number of hydrogen-bond donors (Lipinski definition) is 1. The molecule has 0 atom stereocenters. The molecule has 0 aliphatic rings. The lowest BCUT2D eigenvalue weighted by Gasteiger charge is -2.04. The van der Waals surface area contributed by atoms with Crippen molar-refractivity contribution in [1.29, 1.82) is 0 Å². The van der Waals surface area contributed by atoms with Crippen LogP contribution in [-0.2, 0) is 6.54 Å². The Morgan fingerprint density at radius 1 is 1.12 bits per heavy atom. The van der Waals surface area contributed by atoms with Gasteiger partial charge in [-0.25, -0.2) is 0 Å². The van der Waals surface area contributed by atoms with E-state index >= 15 is 0 Å². The van der Waals surface area contributed by atoms with Gasteiger partial charge >= 0.3 is 0 Å². The van der Waals surface area contributed by atoms with E-state index in [0.717, 1.165) is 35.9 Å². The van der Waals surface area contributed by atoms with E-state index in [1.807, 2.05) is 36.4 Å². The largest absolute Gasteiger partial charge is 0.494 e. The molecule has 2 N–H and O–H groups in total. The van der Waals surface area contributed by atoms with Crippen LogP contribution >= 0.6 is 0 Å². The molecular formula is C14H17NO2. The van der Waals surface area contributed by atoms with Gasteiger partial charge in [-0.05, 0) is 42.8 Å². The van der Waals surface area contributed by atoms with Gasteiger partial charge in [0.25, 0.3) is 0 Å². The third-order valence-corrected chi connectivity index (χ3v) is 2.47. The second-order valence-electron chi connectivity index (χ2n) is 3.84. The number of hydrogen-bond acceptors (Lipinski definition) is 3. The van der Waals surface area contributed by atoms with Gasteiger partial charge in [0.1, 0.15) is 17.3 Å². The van der Waals surface area contributed by atoms with Crippen molar-refractivity contribution in [2.45, 2.75) is 19.9 Å². The van der Waals surface area contributed by atoms with E-state index < -0.39 is 0 Å². The van der Waals surface area contributed by atoms with Crippen LogP contribution in [0.25, 0.3) is 11.3 Å². The molecule has 3 heteroatoms. The molecule has 0 aliphatic heterocycles. The van der Waals surface area contributed by atoms with Gasteiger partial charge in [0, 0.05) is 5.56 Å².